The summed E-state index contributed by atoms with van der Waals surface area (Å²) in [6.45, 7) is 9.70. The van der Waals surface area contributed by atoms with Gasteiger partial charge in [-0.15, -0.1) is 0 Å². The quantitative estimate of drug-likeness (QED) is 0.811. The van der Waals surface area contributed by atoms with Crippen LogP contribution in [-0.2, 0) is 0 Å². The van der Waals surface area contributed by atoms with Crippen LogP contribution in [0.4, 0.5) is 0 Å². The Morgan fingerprint density at radius 2 is 1.96 bits per heavy atom. The summed E-state index contributed by atoms with van der Waals surface area (Å²) >= 11 is 0. The van der Waals surface area contributed by atoms with E-state index in [1.807, 2.05) is 24.3 Å². The Balaban J connectivity index is 1.93. The average Bonchev–Trinajstić information content (AvgIpc) is 2.58. The van der Waals surface area contributed by atoms with E-state index in [4.69, 9.17) is 0 Å². The summed E-state index contributed by atoms with van der Waals surface area (Å²) in [4.78, 5) is 19.2. The standard InChI is InChI=1S/C19H27N3O/c1-4-22(5-2)14-8-9-15(3)21-19(23)17-12-13-20-18-11-7-6-10-16(17)18/h6-7,10-13,15H,4-5,8-9,14H2,1-3H3,(H,21,23). The van der Waals surface area contributed by atoms with E-state index in [-0.39, 0.29) is 11.9 Å². The Kier molecular flexibility index (Phi) is 6.53. The SMILES string of the molecule is CCN(CC)CCCC(C)NC(=O)c1ccnc2ccccc12. The van der Waals surface area contributed by atoms with Crippen LogP contribution < -0.4 is 5.32 Å². The summed E-state index contributed by atoms with van der Waals surface area (Å²) in [7, 11) is 0. The smallest absolute Gasteiger partial charge is 0.252 e. The highest BCUT2D eigenvalue weighted by molar-refractivity contribution is 6.06. The van der Waals surface area contributed by atoms with Crippen molar-refractivity contribution in [2.75, 3.05) is 19.6 Å². The summed E-state index contributed by atoms with van der Waals surface area (Å²) < 4.78 is 0. The van der Waals surface area contributed by atoms with Crippen molar-refractivity contribution in [3.05, 3.63) is 42.1 Å². The number of rotatable bonds is 8. The molecule has 1 amide bonds. The van der Waals surface area contributed by atoms with Crippen LogP contribution in [0.3, 0.4) is 0 Å². The molecule has 0 saturated heterocycles. The first kappa shape index (κ1) is 17.4. The first-order valence-electron chi connectivity index (χ1n) is 8.52. The van der Waals surface area contributed by atoms with E-state index in [1.165, 1.54) is 0 Å². The fourth-order valence-electron chi connectivity index (χ4n) is 2.83. The zero-order valence-electron chi connectivity index (χ0n) is 14.4. The van der Waals surface area contributed by atoms with Crippen molar-refractivity contribution in [2.45, 2.75) is 39.7 Å². The summed E-state index contributed by atoms with van der Waals surface area (Å²) in [6.07, 6.45) is 3.79. The van der Waals surface area contributed by atoms with Gasteiger partial charge in [0.25, 0.3) is 5.91 Å². The van der Waals surface area contributed by atoms with Crippen molar-refractivity contribution in [2.24, 2.45) is 0 Å². The van der Waals surface area contributed by atoms with Gasteiger partial charge in [-0.2, -0.15) is 0 Å². The largest absolute Gasteiger partial charge is 0.350 e. The van der Waals surface area contributed by atoms with Crippen molar-refractivity contribution in [1.29, 1.82) is 0 Å². The molecule has 1 N–H and O–H groups in total. The lowest BCUT2D eigenvalue weighted by atomic mass is 10.1. The predicted octanol–water partition coefficient (Wildman–Crippen LogP) is 3.48. The normalized spacial score (nSPS) is 12.5. The highest BCUT2D eigenvalue weighted by Crippen LogP contribution is 2.16. The number of nitrogens with zero attached hydrogens (tertiary/aromatic N) is 2. The van der Waals surface area contributed by atoms with Gasteiger partial charge < -0.3 is 10.2 Å². The van der Waals surface area contributed by atoms with E-state index in [0.717, 1.165) is 43.4 Å². The molecule has 1 atom stereocenters. The van der Waals surface area contributed by atoms with Crippen molar-refractivity contribution >= 4 is 16.8 Å². The molecular formula is C19H27N3O. The van der Waals surface area contributed by atoms with Crippen LogP contribution in [-0.4, -0.2) is 41.5 Å². The molecule has 4 nitrogen and oxygen atoms in total. The third-order valence-corrected chi connectivity index (χ3v) is 4.28. The van der Waals surface area contributed by atoms with E-state index in [2.05, 4.69) is 36.0 Å². The molecule has 0 spiro atoms. The number of amides is 1. The number of hydrogen-bond acceptors (Lipinski definition) is 3. The molecule has 2 aromatic rings. The molecule has 1 unspecified atom stereocenters. The summed E-state index contributed by atoms with van der Waals surface area (Å²) in [5.74, 6) is -0.0149. The van der Waals surface area contributed by atoms with E-state index in [9.17, 15) is 4.79 Å². The van der Waals surface area contributed by atoms with E-state index >= 15 is 0 Å². The van der Waals surface area contributed by atoms with Crippen LogP contribution in [0.5, 0.6) is 0 Å². The second-order valence-electron chi connectivity index (χ2n) is 5.92. The minimum Gasteiger partial charge on any atom is -0.350 e. The molecule has 0 bridgehead atoms. The molecule has 1 aromatic heterocycles. The van der Waals surface area contributed by atoms with Gasteiger partial charge in [0.05, 0.1) is 11.1 Å². The van der Waals surface area contributed by atoms with Crippen LogP contribution in [0.2, 0.25) is 0 Å². The summed E-state index contributed by atoms with van der Waals surface area (Å²) in [6, 6.07) is 9.72. The molecule has 0 fully saturated rings. The molecule has 2 rings (SSSR count). The second kappa shape index (κ2) is 8.63. The fourth-order valence-corrected chi connectivity index (χ4v) is 2.83. The van der Waals surface area contributed by atoms with Crippen LogP contribution in [0.15, 0.2) is 36.5 Å². The van der Waals surface area contributed by atoms with Crippen LogP contribution in [0.25, 0.3) is 10.9 Å². The zero-order chi connectivity index (χ0) is 16.7. The molecule has 0 aliphatic rings. The van der Waals surface area contributed by atoms with Gasteiger partial charge in [-0.25, -0.2) is 0 Å². The Labute approximate surface area is 138 Å². The lowest BCUT2D eigenvalue weighted by Crippen LogP contribution is -2.33. The van der Waals surface area contributed by atoms with Crippen molar-refractivity contribution in [3.63, 3.8) is 0 Å². The maximum absolute atomic E-state index is 12.5. The number of fused-ring (bicyclic) bond motifs is 1. The number of aromatic nitrogens is 1. The predicted molar refractivity (Wildman–Crippen MR) is 95.7 cm³/mol. The number of carbonyl (C=O) groups is 1. The van der Waals surface area contributed by atoms with Crippen LogP contribution in [0.1, 0.15) is 44.0 Å². The van der Waals surface area contributed by atoms with Crippen molar-refractivity contribution < 1.29 is 4.79 Å². The monoisotopic (exact) mass is 313 g/mol. The second-order valence-corrected chi connectivity index (χ2v) is 5.92. The highest BCUT2D eigenvalue weighted by atomic mass is 16.1. The van der Waals surface area contributed by atoms with E-state index in [1.54, 1.807) is 12.3 Å². The van der Waals surface area contributed by atoms with Gasteiger partial charge in [0.1, 0.15) is 0 Å². The first-order chi connectivity index (χ1) is 11.2. The summed E-state index contributed by atoms with van der Waals surface area (Å²) in [5, 5.41) is 4.02. The Morgan fingerprint density at radius 1 is 1.22 bits per heavy atom. The molecule has 23 heavy (non-hydrogen) atoms. The summed E-state index contributed by atoms with van der Waals surface area (Å²) in [5.41, 5.74) is 1.56. The number of carbonyl (C=O) groups excluding carboxylic acids is 1. The fraction of sp³-hybridized carbons (Fsp3) is 0.474. The third kappa shape index (κ3) is 4.76. The van der Waals surface area contributed by atoms with Crippen molar-refractivity contribution in [1.82, 2.24) is 15.2 Å². The van der Waals surface area contributed by atoms with Gasteiger partial charge in [0.15, 0.2) is 0 Å². The number of hydrogen-bond donors (Lipinski definition) is 1. The zero-order valence-corrected chi connectivity index (χ0v) is 14.4. The first-order valence-corrected chi connectivity index (χ1v) is 8.52. The number of nitrogens with one attached hydrogen (secondary N) is 1. The lowest BCUT2D eigenvalue weighted by Gasteiger charge is -2.20. The molecule has 124 valence electrons. The van der Waals surface area contributed by atoms with Gasteiger partial charge in [-0.1, -0.05) is 32.0 Å². The Bertz CT molecular complexity index is 632. The molecule has 1 heterocycles. The van der Waals surface area contributed by atoms with Crippen LogP contribution >= 0.6 is 0 Å². The van der Waals surface area contributed by atoms with Gasteiger partial charge in [-0.05, 0) is 51.5 Å². The van der Waals surface area contributed by atoms with E-state index in [0.29, 0.717) is 5.56 Å². The van der Waals surface area contributed by atoms with Gasteiger partial charge in [0.2, 0.25) is 0 Å². The number of para-hydroxylation sites is 1. The molecular weight excluding hydrogens is 286 g/mol. The Morgan fingerprint density at radius 3 is 2.70 bits per heavy atom. The molecule has 0 aliphatic heterocycles. The minimum atomic E-state index is -0.0149. The molecule has 0 aliphatic carbocycles. The lowest BCUT2D eigenvalue weighted by molar-refractivity contribution is 0.0939. The maximum atomic E-state index is 12.5. The number of benzene rings is 1. The van der Waals surface area contributed by atoms with Crippen LogP contribution in [0, 0.1) is 0 Å². The topological polar surface area (TPSA) is 45.2 Å². The average molecular weight is 313 g/mol. The molecule has 1 aromatic carbocycles. The Hall–Kier alpha value is -1.94. The van der Waals surface area contributed by atoms with E-state index < -0.39 is 0 Å². The molecule has 4 heteroatoms. The third-order valence-electron chi connectivity index (χ3n) is 4.28. The minimum absolute atomic E-state index is 0.0149. The maximum Gasteiger partial charge on any atom is 0.252 e. The molecule has 0 radical (unpaired) electrons. The van der Waals surface area contributed by atoms with Gasteiger partial charge >= 0.3 is 0 Å². The number of pyridine rings is 1. The van der Waals surface area contributed by atoms with Crippen molar-refractivity contribution in [3.8, 4) is 0 Å². The van der Waals surface area contributed by atoms with Gasteiger partial charge in [0, 0.05) is 17.6 Å². The highest BCUT2D eigenvalue weighted by Gasteiger charge is 2.13. The molecule has 0 saturated carbocycles. The van der Waals surface area contributed by atoms with Gasteiger partial charge in [-0.3, -0.25) is 9.78 Å².